The first-order chi connectivity index (χ1) is 9.60. The molecule has 2 rings (SSSR count). The molecule has 3 nitrogen and oxygen atoms in total. The smallest absolute Gasteiger partial charge is 0.145 e. The summed E-state index contributed by atoms with van der Waals surface area (Å²) in [5, 5.41) is 0. The zero-order valence-corrected chi connectivity index (χ0v) is 12.3. The maximum atomic E-state index is 5.95. The Labute approximate surface area is 120 Å². The van der Waals surface area contributed by atoms with Gasteiger partial charge in [0.15, 0.2) is 0 Å². The quantitative estimate of drug-likeness (QED) is 0.875. The monoisotopic (exact) mass is 270 g/mol. The van der Waals surface area contributed by atoms with Crippen molar-refractivity contribution in [1.82, 2.24) is 4.98 Å². The topological polar surface area (TPSA) is 48.1 Å². The Bertz CT molecular complexity index is 549. The molecule has 2 N–H and O–H groups in total. The maximum absolute atomic E-state index is 5.95. The van der Waals surface area contributed by atoms with E-state index in [-0.39, 0.29) is 6.04 Å². The van der Waals surface area contributed by atoms with Crippen molar-refractivity contribution in [1.29, 1.82) is 0 Å². The van der Waals surface area contributed by atoms with E-state index in [1.807, 2.05) is 31.2 Å². The minimum atomic E-state index is -0.00619. The van der Waals surface area contributed by atoms with E-state index in [0.29, 0.717) is 5.92 Å². The Hall–Kier alpha value is -1.87. The number of aromatic nitrogens is 1. The van der Waals surface area contributed by atoms with E-state index >= 15 is 0 Å². The van der Waals surface area contributed by atoms with E-state index in [2.05, 4.69) is 31.0 Å². The fraction of sp³-hybridized carbons (Fsp3) is 0.353. The molecular weight excluding hydrogens is 248 g/mol. The zero-order chi connectivity index (χ0) is 14.5. The Morgan fingerprint density at radius 1 is 1.15 bits per heavy atom. The maximum Gasteiger partial charge on any atom is 0.145 e. The predicted molar refractivity (Wildman–Crippen MR) is 82.1 cm³/mol. The summed E-state index contributed by atoms with van der Waals surface area (Å²) in [6.07, 6.45) is 2.61. The molecule has 0 fully saturated rings. The van der Waals surface area contributed by atoms with E-state index in [0.717, 1.165) is 23.6 Å². The van der Waals surface area contributed by atoms with Crippen molar-refractivity contribution in [2.75, 3.05) is 0 Å². The van der Waals surface area contributed by atoms with Gasteiger partial charge in [-0.05, 0) is 42.2 Å². The molecular formula is C17H22N2O. The summed E-state index contributed by atoms with van der Waals surface area (Å²) in [5.41, 5.74) is 8.11. The van der Waals surface area contributed by atoms with Crippen LogP contribution in [-0.4, -0.2) is 4.98 Å². The van der Waals surface area contributed by atoms with Crippen LogP contribution in [0.5, 0.6) is 11.5 Å². The molecule has 106 valence electrons. The average molecular weight is 270 g/mol. The van der Waals surface area contributed by atoms with Gasteiger partial charge in [-0.25, -0.2) is 0 Å². The molecule has 0 spiro atoms. The van der Waals surface area contributed by atoms with Crippen molar-refractivity contribution in [3.05, 3.63) is 53.9 Å². The van der Waals surface area contributed by atoms with Crippen molar-refractivity contribution in [3.63, 3.8) is 0 Å². The summed E-state index contributed by atoms with van der Waals surface area (Å²) >= 11 is 0. The predicted octanol–water partition coefficient (Wildman–Crippen LogP) is 4.41. The number of hydrogen-bond acceptors (Lipinski definition) is 3. The molecule has 0 aliphatic rings. The van der Waals surface area contributed by atoms with Crippen molar-refractivity contribution < 1.29 is 4.74 Å². The molecule has 0 aliphatic heterocycles. The third-order valence-electron chi connectivity index (χ3n) is 3.34. The Kier molecular flexibility index (Phi) is 4.74. The SMILES string of the molecule is CCC(N)c1ccc(Oc2cccc(C(C)C)c2)cn1. The van der Waals surface area contributed by atoms with Crippen LogP contribution >= 0.6 is 0 Å². The highest BCUT2D eigenvalue weighted by Gasteiger charge is 2.06. The second-order valence-corrected chi connectivity index (χ2v) is 5.26. The highest BCUT2D eigenvalue weighted by Crippen LogP contribution is 2.25. The number of ether oxygens (including phenoxy) is 1. The van der Waals surface area contributed by atoms with E-state index in [1.165, 1.54) is 5.56 Å². The first-order valence-electron chi connectivity index (χ1n) is 7.09. The van der Waals surface area contributed by atoms with Gasteiger partial charge >= 0.3 is 0 Å². The van der Waals surface area contributed by atoms with Gasteiger partial charge in [-0.2, -0.15) is 0 Å². The molecule has 0 amide bonds. The summed E-state index contributed by atoms with van der Waals surface area (Å²) in [7, 11) is 0. The van der Waals surface area contributed by atoms with Gasteiger partial charge in [0.05, 0.1) is 11.9 Å². The minimum Gasteiger partial charge on any atom is -0.456 e. The van der Waals surface area contributed by atoms with Crippen molar-refractivity contribution in [2.45, 2.75) is 39.2 Å². The number of benzene rings is 1. The van der Waals surface area contributed by atoms with Crippen molar-refractivity contribution in [2.24, 2.45) is 5.73 Å². The molecule has 0 aliphatic carbocycles. The average Bonchev–Trinajstić information content (AvgIpc) is 2.47. The Balaban J connectivity index is 2.12. The van der Waals surface area contributed by atoms with E-state index < -0.39 is 0 Å². The van der Waals surface area contributed by atoms with E-state index in [1.54, 1.807) is 6.20 Å². The second kappa shape index (κ2) is 6.53. The van der Waals surface area contributed by atoms with Crippen LogP contribution in [0.2, 0.25) is 0 Å². The summed E-state index contributed by atoms with van der Waals surface area (Å²) in [6.45, 7) is 6.39. The molecule has 1 heterocycles. The van der Waals surface area contributed by atoms with Crippen LogP contribution in [0, 0.1) is 0 Å². The van der Waals surface area contributed by atoms with Crippen LogP contribution in [0.15, 0.2) is 42.6 Å². The lowest BCUT2D eigenvalue weighted by atomic mass is 10.0. The lowest BCUT2D eigenvalue weighted by Crippen LogP contribution is -2.10. The Morgan fingerprint density at radius 2 is 1.95 bits per heavy atom. The van der Waals surface area contributed by atoms with Crippen LogP contribution in [0.4, 0.5) is 0 Å². The largest absolute Gasteiger partial charge is 0.456 e. The molecule has 0 radical (unpaired) electrons. The van der Waals surface area contributed by atoms with Crippen LogP contribution < -0.4 is 10.5 Å². The third-order valence-corrected chi connectivity index (χ3v) is 3.34. The number of pyridine rings is 1. The lowest BCUT2D eigenvalue weighted by Gasteiger charge is -2.11. The molecule has 3 heteroatoms. The number of nitrogens with two attached hydrogens (primary N) is 1. The van der Waals surface area contributed by atoms with Gasteiger partial charge in [0, 0.05) is 6.04 Å². The van der Waals surface area contributed by atoms with Gasteiger partial charge in [0.1, 0.15) is 11.5 Å². The molecule has 0 saturated carbocycles. The van der Waals surface area contributed by atoms with Crippen LogP contribution in [0.25, 0.3) is 0 Å². The van der Waals surface area contributed by atoms with Gasteiger partial charge in [-0.3, -0.25) is 4.98 Å². The summed E-state index contributed by atoms with van der Waals surface area (Å²) in [5.74, 6) is 2.06. The summed E-state index contributed by atoms with van der Waals surface area (Å²) in [4.78, 5) is 4.35. The van der Waals surface area contributed by atoms with E-state index in [9.17, 15) is 0 Å². The molecule has 2 aromatic rings. The number of hydrogen-bond donors (Lipinski definition) is 1. The van der Waals surface area contributed by atoms with Crippen molar-refractivity contribution >= 4 is 0 Å². The highest BCUT2D eigenvalue weighted by molar-refractivity contribution is 5.34. The number of rotatable bonds is 5. The number of nitrogens with zero attached hydrogens (tertiary/aromatic N) is 1. The standard InChI is InChI=1S/C17H22N2O/c1-4-16(18)17-9-8-15(11-19-17)20-14-7-5-6-13(10-14)12(2)3/h5-12,16H,4,18H2,1-3H3. The molecule has 0 saturated heterocycles. The Morgan fingerprint density at radius 3 is 2.55 bits per heavy atom. The van der Waals surface area contributed by atoms with Gasteiger partial charge < -0.3 is 10.5 Å². The van der Waals surface area contributed by atoms with E-state index in [4.69, 9.17) is 10.5 Å². The second-order valence-electron chi connectivity index (χ2n) is 5.26. The van der Waals surface area contributed by atoms with Gasteiger partial charge in [-0.15, -0.1) is 0 Å². The minimum absolute atomic E-state index is 0.00619. The van der Waals surface area contributed by atoms with Crippen LogP contribution in [0.3, 0.4) is 0 Å². The summed E-state index contributed by atoms with van der Waals surface area (Å²) < 4.78 is 5.83. The van der Waals surface area contributed by atoms with Crippen LogP contribution in [0.1, 0.15) is 50.4 Å². The fourth-order valence-corrected chi connectivity index (χ4v) is 1.95. The fourth-order valence-electron chi connectivity index (χ4n) is 1.95. The van der Waals surface area contributed by atoms with Crippen molar-refractivity contribution in [3.8, 4) is 11.5 Å². The lowest BCUT2D eigenvalue weighted by molar-refractivity contribution is 0.478. The molecule has 1 unspecified atom stereocenters. The molecule has 0 bridgehead atoms. The van der Waals surface area contributed by atoms with Gasteiger partial charge in [0.25, 0.3) is 0 Å². The molecule has 20 heavy (non-hydrogen) atoms. The third kappa shape index (κ3) is 3.58. The highest BCUT2D eigenvalue weighted by atomic mass is 16.5. The normalized spacial score (nSPS) is 12.4. The zero-order valence-electron chi connectivity index (χ0n) is 12.3. The van der Waals surface area contributed by atoms with Crippen LogP contribution in [-0.2, 0) is 0 Å². The molecule has 1 aromatic carbocycles. The molecule has 1 aromatic heterocycles. The first kappa shape index (κ1) is 14.5. The first-order valence-corrected chi connectivity index (χ1v) is 7.09. The molecule has 1 atom stereocenters. The summed E-state index contributed by atoms with van der Waals surface area (Å²) in [6, 6.07) is 12.0. The van der Waals surface area contributed by atoms with Gasteiger partial charge in [0.2, 0.25) is 0 Å². The van der Waals surface area contributed by atoms with Gasteiger partial charge in [-0.1, -0.05) is 32.9 Å².